The Bertz CT molecular complexity index is 271. The second kappa shape index (κ2) is 3.83. The van der Waals surface area contributed by atoms with E-state index in [4.69, 9.17) is 0 Å². The third-order valence-corrected chi connectivity index (χ3v) is 5.43. The molecule has 2 nitrogen and oxygen atoms in total. The van der Waals surface area contributed by atoms with Crippen molar-refractivity contribution in [2.75, 3.05) is 7.05 Å². The van der Waals surface area contributed by atoms with E-state index in [9.17, 15) is 4.79 Å². The molecule has 0 amide bonds. The number of ketones is 1. The van der Waals surface area contributed by atoms with Crippen LogP contribution >= 0.6 is 0 Å². The van der Waals surface area contributed by atoms with E-state index in [2.05, 4.69) is 5.32 Å². The predicted molar refractivity (Wildman–Crippen MR) is 64.1 cm³/mol. The molecular weight excluding hydrogens is 198 g/mol. The van der Waals surface area contributed by atoms with Crippen molar-refractivity contribution < 1.29 is 4.79 Å². The lowest BCUT2D eigenvalue weighted by Crippen LogP contribution is -2.54. The smallest absolute Gasteiger partial charge is 0.146 e. The first-order valence-electron chi connectivity index (χ1n) is 6.86. The average Bonchev–Trinajstić information content (AvgIpc) is 2.21. The minimum atomic E-state index is 0.134. The molecule has 0 radical (unpaired) electrons. The van der Waals surface area contributed by atoms with Gasteiger partial charge < -0.3 is 5.32 Å². The first-order valence-corrected chi connectivity index (χ1v) is 6.86. The van der Waals surface area contributed by atoms with Gasteiger partial charge in [-0.15, -0.1) is 0 Å². The molecule has 4 aliphatic carbocycles. The van der Waals surface area contributed by atoms with E-state index in [1.807, 2.05) is 7.05 Å². The summed E-state index contributed by atoms with van der Waals surface area (Å²) in [6.45, 7) is 1.76. The van der Waals surface area contributed by atoms with Crippen LogP contribution in [-0.4, -0.2) is 18.9 Å². The summed E-state index contributed by atoms with van der Waals surface area (Å²) in [5.41, 5.74) is 0. The van der Waals surface area contributed by atoms with Crippen LogP contribution in [0, 0.1) is 29.6 Å². The molecule has 2 heteroatoms. The molecule has 0 heterocycles. The zero-order valence-corrected chi connectivity index (χ0v) is 10.4. The second-order valence-electron chi connectivity index (χ2n) is 6.39. The lowest BCUT2D eigenvalue weighted by Gasteiger charge is -2.56. The number of carbonyl (C=O) groups is 1. The normalized spacial score (nSPS) is 47.0. The summed E-state index contributed by atoms with van der Waals surface area (Å²) < 4.78 is 0. The van der Waals surface area contributed by atoms with Crippen LogP contribution < -0.4 is 5.32 Å². The Balaban J connectivity index is 1.83. The first kappa shape index (κ1) is 10.8. The number of rotatable bonds is 3. The molecule has 4 fully saturated rings. The minimum Gasteiger partial charge on any atom is -0.310 e. The number of likely N-dealkylation sites (N-methyl/N-ethyl adjacent to an activating group) is 1. The van der Waals surface area contributed by atoms with Gasteiger partial charge in [-0.1, -0.05) is 0 Å². The number of hydrogen-bond donors (Lipinski definition) is 1. The zero-order chi connectivity index (χ0) is 11.3. The summed E-state index contributed by atoms with van der Waals surface area (Å²) >= 11 is 0. The molecule has 4 aliphatic rings. The minimum absolute atomic E-state index is 0.134. The Morgan fingerprint density at radius 2 is 1.56 bits per heavy atom. The molecule has 1 atom stereocenters. The van der Waals surface area contributed by atoms with Crippen molar-refractivity contribution in [1.82, 2.24) is 5.32 Å². The molecule has 0 spiro atoms. The van der Waals surface area contributed by atoms with Crippen molar-refractivity contribution in [2.24, 2.45) is 29.6 Å². The fourth-order valence-electron chi connectivity index (χ4n) is 5.18. The van der Waals surface area contributed by atoms with Gasteiger partial charge in [-0.05, 0) is 75.7 Å². The van der Waals surface area contributed by atoms with Crippen molar-refractivity contribution in [1.29, 1.82) is 0 Å². The van der Waals surface area contributed by atoms with Gasteiger partial charge in [0.25, 0.3) is 0 Å². The SMILES string of the molecule is CN[C@H](C(C)=O)C1C2CC3CC(C2)CC1C3. The van der Waals surface area contributed by atoms with Gasteiger partial charge in [0.1, 0.15) is 5.78 Å². The summed E-state index contributed by atoms with van der Waals surface area (Å²) in [7, 11) is 1.96. The third-order valence-electron chi connectivity index (χ3n) is 5.43. The molecule has 4 rings (SSSR count). The van der Waals surface area contributed by atoms with Crippen molar-refractivity contribution in [3.8, 4) is 0 Å². The summed E-state index contributed by atoms with van der Waals surface area (Å²) in [5, 5.41) is 3.28. The van der Waals surface area contributed by atoms with Crippen molar-refractivity contribution in [2.45, 2.75) is 45.1 Å². The van der Waals surface area contributed by atoms with E-state index < -0.39 is 0 Å². The molecule has 90 valence electrons. The van der Waals surface area contributed by atoms with E-state index in [1.165, 1.54) is 32.1 Å². The summed E-state index contributed by atoms with van der Waals surface area (Å²) in [5.74, 6) is 4.69. The highest BCUT2D eigenvalue weighted by Gasteiger charge is 2.50. The number of hydrogen-bond acceptors (Lipinski definition) is 2. The Hall–Kier alpha value is -0.370. The quantitative estimate of drug-likeness (QED) is 0.792. The molecule has 4 bridgehead atoms. The highest BCUT2D eigenvalue weighted by Crippen LogP contribution is 2.57. The van der Waals surface area contributed by atoms with Gasteiger partial charge in [0, 0.05) is 0 Å². The van der Waals surface area contributed by atoms with Gasteiger partial charge >= 0.3 is 0 Å². The second-order valence-corrected chi connectivity index (χ2v) is 6.39. The Morgan fingerprint density at radius 1 is 1.06 bits per heavy atom. The van der Waals surface area contributed by atoms with E-state index in [0.717, 1.165) is 23.7 Å². The van der Waals surface area contributed by atoms with Gasteiger partial charge in [-0.2, -0.15) is 0 Å². The van der Waals surface area contributed by atoms with Gasteiger partial charge in [-0.3, -0.25) is 4.79 Å². The summed E-state index contributed by atoms with van der Waals surface area (Å²) in [6, 6.07) is 0.134. The van der Waals surface area contributed by atoms with E-state index in [1.54, 1.807) is 6.92 Å². The maximum atomic E-state index is 11.7. The van der Waals surface area contributed by atoms with Crippen LogP contribution in [0.5, 0.6) is 0 Å². The molecule has 0 aromatic rings. The van der Waals surface area contributed by atoms with Crippen LogP contribution in [0.25, 0.3) is 0 Å². The maximum absolute atomic E-state index is 11.7. The van der Waals surface area contributed by atoms with Crippen LogP contribution in [0.2, 0.25) is 0 Å². The monoisotopic (exact) mass is 221 g/mol. The van der Waals surface area contributed by atoms with Crippen molar-refractivity contribution in [3.05, 3.63) is 0 Å². The van der Waals surface area contributed by atoms with E-state index >= 15 is 0 Å². The molecule has 0 saturated heterocycles. The molecule has 4 saturated carbocycles. The lowest BCUT2D eigenvalue weighted by atomic mass is 9.50. The standard InChI is InChI=1S/C14H23NO/c1-8(16)14(15-2)13-11-4-9-3-10(6-11)7-12(13)5-9/h9-15H,3-7H2,1-2H3/t9?,10?,11?,12?,13?,14-/m1/s1. The van der Waals surface area contributed by atoms with E-state index in [-0.39, 0.29) is 6.04 Å². The highest BCUT2D eigenvalue weighted by molar-refractivity contribution is 5.81. The molecule has 0 unspecified atom stereocenters. The lowest BCUT2D eigenvalue weighted by molar-refractivity contribution is -0.126. The molecule has 0 aromatic heterocycles. The van der Waals surface area contributed by atoms with Gasteiger partial charge in [0.05, 0.1) is 6.04 Å². The van der Waals surface area contributed by atoms with Gasteiger partial charge in [0.2, 0.25) is 0 Å². The van der Waals surface area contributed by atoms with Crippen molar-refractivity contribution >= 4 is 5.78 Å². The molecular formula is C14H23NO. The zero-order valence-electron chi connectivity index (χ0n) is 10.4. The highest BCUT2D eigenvalue weighted by atomic mass is 16.1. The molecule has 0 aromatic carbocycles. The average molecular weight is 221 g/mol. The fourth-order valence-corrected chi connectivity index (χ4v) is 5.18. The number of nitrogens with one attached hydrogen (secondary N) is 1. The Morgan fingerprint density at radius 3 is 1.94 bits per heavy atom. The fraction of sp³-hybridized carbons (Fsp3) is 0.929. The van der Waals surface area contributed by atoms with Crippen LogP contribution in [0.3, 0.4) is 0 Å². The largest absolute Gasteiger partial charge is 0.310 e. The Labute approximate surface area is 98.2 Å². The van der Waals surface area contributed by atoms with Crippen LogP contribution in [-0.2, 0) is 4.79 Å². The third kappa shape index (κ3) is 1.54. The topological polar surface area (TPSA) is 29.1 Å². The first-order chi connectivity index (χ1) is 7.69. The van der Waals surface area contributed by atoms with E-state index in [0.29, 0.717) is 11.7 Å². The Kier molecular flexibility index (Phi) is 2.58. The summed E-state index contributed by atoms with van der Waals surface area (Å²) in [4.78, 5) is 11.7. The summed E-state index contributed by atoms with van der Waals surface area (Å²) in [6.07, 6.45) is 7.11. The maximum Gasteiger partial charge on any atom is 0.146 e. The van der Waals surface area contributed by atoms with Crippen LogP contribution in [0.4, 0.5) is 0 Å². The van der Waals surface area contributed by atoms with Gasteiger partial charge in [0.15, 0.2) is 0 Å². The van der Waals surface area contributed by atoms with Crippen LogP contribution in [0.15, 0.2) is 0 Å². The molecule has 0 aliphatic heterocycles. The number of Topliss-reactive ketones (excluding diaryl/α,β-unsaturated/α-hetero) is 1. The molecule has 16 heavy (non-hydrogen) atoms. The number of carbonyl (C=O) groups excluding carboxylic acids is 1. The van der Waals surface area contributed by atoms with Gasteiger partial charge in [-0.25, -0.2) is 0 Å². The van der Waals surface area contributed by atoms with Crippen molar-refractivity contribution in [3.63, 3.8) is 0 Å². The van der Waals surface area contributed by atoms with Crippen LogP contribution in [0.1, 0.15) is 39.0 Å². The molecule has 1 N–H and O–H groups in total. The predicted octanol–water partition coefficient (Wildman–Crippen LogP) is 2.24.